The zero-order chi connectivity index (χ0) is 24.3. The minimum atomic E-state index is -4.34. The van der Waals surface area contributed by atoms with E-state index in [1.165, 1.54) is 4.90 Å². The number of aromatic amines is 1. The largest absolute Gasteiger partial charge is 0.476 e. The Kier molecular flexibility index (Phi) is 7.42. The standard InChI is InChI=1S/C25H30F4N4O/c1-16-8-9-21(34-13-12-30-11-5-10-26)32-22(16)24-23-19(18-6-3-4-7-20(18)31-23)14-17(2)33(24)15-25(27,28)29/h3-4,6-9,17,24,30-31H,5,10-15H2,1-2H3/t17-,24-/m1/s1. The van der Waals surface area contributed by atoms with Gasteiger partial charge in [-0.25, -0.2) is 4.98 Å². The third-order valence-electron chi connectivity index (χ3n) is 6.26. The van der Waals surface area contributed by atoms with E-state index >= 15 is 0 Å². The maximum atomic E-state index is 13.6. The van der Waals surface area contributed by atoms with Crippen LogP contribution in [0.15, 0.2) is 36.4 Å². The fourth-order valence-corrected chi connectivity index (χ4v) is 4.68. The molecule has 1 aliphatic heterocycles. The molecule has 34 heavy (non-hydrogen) atoms. The van der Waals surface area contributed by atoms with Crippen molar-refractivity contribution in [1.82, 2.24) is 20.2 Å². The molecule has 5 nitrogen and oxygen atoms in total. The van der Waals surface area contributed by atoms with Gasteiger partial charge in [0.2, 0.25) is 5.88 Å². The highest BCUT2D eigenvalue weighted by Gasteiger charge is 2.43. The fraction of sp³-hybridized carbons (Fsp3) is 0.480. The van der Waals surface area contributed by atoms with E-state index in [-0.39, 0.29) is 12.7 Å². The summed E-state index contributed by atoms with van der Waals surface area (Å²) in [4.78, 5) is 9.55. The van der Waals surface area contributed by atoms with Gasteiger partial charge in [-0.05, 0) is 50.4 Å². The number of para-hydroxylation sites is 1. The number of nitrogens with one attached hydrogen (secondary N) is 2. The molecule has 1 aliphatic rings. The van der Waals surface area contributed by atoms with Crippen molar-refractivity contribution in [3.63, 3.8) is 0 Å². The second-order valence-electron chi connectivity index (χ2n) is 8.80. The Morgan fingerprint density at radius 2 is 1.97 bits per heavy atom. The van der Waals surface area contributed by atoms with Gasteiger partial charge in [-0.1, -0.05) is 24.3 Å². The van der Waals surface area contributed by atoms with Crippen LogP contribution in [0.1, 0.15) is 41.9 Å². The number of rotatable bonds is 9. The van der Waals surface area contributed by atoms with Crippen molar-refractivity contribution >= 4 is 10.9 Å². The van der Waals surface area contributed by atoms with Crippen LogP contribution in [0.2, 0.25) is 0 Å². The van der Waals surface area contributed by atoms with E-state index in [0.717, 1.165) is 27.7 Å². The molecular formula is C25H30F4N4O. The molecule has 3 aromatic rings. The first-order valence-electron chi connectivity index (χ1n) is 11.6. The molecule has 184 valence electrons. The van der Waals surface area contributed by atoms with Crippen molar-refractivity contribution in [2.75, 3.05) is 32.9 Å². The van der Waals surface area contributed by atoms with E-state index in [1.54, 1.807) is 6.07 Å². The lowest BCUT2D eigenvalue weighted by molar-refractivity contribution is -0.155. The van der Waals surface area contributed by atoms with Crippen LogP contribution in [0.3, 0.4) is 0 Å². The van der Waals surface area contributed by atoms with Crippen LogP contribution in [0.4, 0.5) is 17.6 Å². The van der Waals surface area contributed by atoms with E-state index in [9.17, 15) is 17.6 Å². The molecule has 0 fully saturated rings. The number of alkyl halides is 4. The Balaban J connectivity index is 1.69. The molecule has 4 rings (SSSR count). The summed E-state index contributed by atoms with van der Waals surface area (Å²) in [5.74, 6) is 0.357. The third kappa shape index (κ3) is 5.36. The number of aryl methyl sites for hydroxylation is 1. The summed E-state index contributed by atoms with van der Waals surface area (Å²) in [5.41, 5.74) is 4.04. The SMILES string of the molecule is Cc1ccc(OCCNCCCF)nc1[C@@H]1c2[nH]c3ccccc3c2C[C@@H](C)N1CC(F)(F)F. The molecule has 0 radical (unpaired) electrons. The van der Waals surface area contributed by atoms with Gasteiger partial charge in [-0.2, -0.15) is 13.2 Å². The Morgan fingerprint density at radius 1 is 1.18 bits per heavy atom. The van der Waals surface area contributed by atoms with E-state index in [0.29, 0.717) is 44.1 Å². The van der Waals surface area contributed by atoms with Gasteiger partial charge in [0.25, 0.3) is 0 Å². The molecule has 3 heterocycles. The number of ether oxygens (including phenoxy) is 1. The average Bonchev–Trinajstić information content (AvgIpc) is 3.15. The third-order valence-corrected chi connectivity index (χ3v) is 6.26. The van der Waals surface area contributed by atoms with Crippen LogP contribution in [0.25, 0.3) is 10.9 Å². The number of halogens is 4. The summed E-state index contributed by atoms with van der Waals surface area (Å²) < 4.78 is 58.9. The first kappa shape index (κ1) is 24.5. The van der Waals surface area contributed by atoms with Crippen LogP contribution < -0.4 is 10.1 Å². The van der Waals surface area contributed by atoms with Crippen molar-refractivity contribution in [2.45, 2.75) is 44.9 Å². The highest BCUT2D eigenvalue weighted by Crippen LogP contribution is 2.42. The Labute approximate surface area is 196 Å². The normalized spacial score (nSPS) is 18.9. The van der Waals surface area contributed by atoms with Crippen LogP contribution in [-0.4, -0.2) is 60.0 Å². The number of nitrogens with zero attached hydrogens (tertiary/aromatic N) is 2. The number of aromatic nitrogens is 2. The Morgan fingerprint density at radius 3 is 2.74 bits per heavy atom. The van der Waals surface area contributed by atoms with Crippen molar-refractivity contribution in [3.8, 4) is 5.88 Å². The van der Waals surface area contributed by atoms with Gasteiger partial charge >= 0.3 is 6.18 Å². The van der Waals surface area contributed by atoms with E-state index in [4.69, 9.17) is 4.74 Å². The summed E-state index contributed by atoms with van der Waals surface area (Å²) in [7, 11) is 0. The van der Waals surface area contributed by atoms with Crippen LogP contribution in [0, 0.1) is 6.92 Å². The molecule has 9 heteroatoms. The van der Waals surface area contributed by atoms with Crippen molar-refractivity contribution in [3.05, 3.63) is 58.9 Å². The highest BCUT2D eigenvalue weighted by molar-refractivity contribution is 5.85. The molecule has 0 amide bonds. The summed E-state index contributed by atoms with van der Waals surface area (Å²) in [6.45, 7) is 3.70. The maximum absolute atomic E-state index is 13.6. The lowest BCUT2D eigenvalue weighted by atomic mass is 9.89. The van der Waals surface area contributed by atoms with Gasteiger partial charge in [0.1, 0.15) is 6.61 Å². The molecule has 2 aromatic heterocycles. The van der Waals surface area contributed by atoms with Crippen LogP contribution >= 0.6 is 0 Å². The van der Waals surface area contributed by atoms with Gasteiger partial charge in [-0.15, -0.1) is 0 Å². The van der Waals surface area contributed by atoms with Crippen molar-refractivity contribution in [2.24, 2.45) is 0 Å². The number of hydrogen-bond donors (Lipinski definition) is 2. The molecule has 0 saturated heterocycles. The summed E-state index contributed by atoms with van der Waals surface area (Å²) >= 11 is 0. The molecule has 0 aliphatic carbocycles. The smallest absolute Gasteiger partial charge is 0.401 e. The first-order valence-corrected chi connectivity index (χ1v) is 11.6. The minimum Gasteiger partial charge on any atom is -0.476 e. The molecule has 2 atom stereocenters. The number of fused-ring (bicyclic) bond motifs is 3. The molecule has 0 spiro atoms. The number of hydrogen-bond acceptors (Lipinski definition) is 4. The zero-order valence-corrected chi connectivity index (χ0v) is 19.4. The van der Waals surface area contributed by atoms with Gasteiger partial charge in [0.05, 0.1) is 25.0 Å². The number of pyridine rings is 1. The molecule has 0 bridgehead atoms. The second kappa shape index (κ2) is 10.3. The van der Waals surface area contributed by atoms with Gasteiger partial charge < -0.3 is 15.0 Å². The Hall–Kier alpha value is -2.65. The average molecular weight is 479 g/mol. The topological polar surface area (TPSA) is 53.2 Å². The van der Waals surface area contributed by atoms with Gasteiger partial charge in [-0.3, -0.25) is 9.29 Å². The minimum absolute atomic E-state index is 0.326. The van der Waals surface area contributed by atoms with E-state index < -0.39 is 18.8 Å². The molecule has 2 N–H and O–H groups in total. The molecule has 0 unspecified atom stereocenters. The lowest BCUT2D eigenvalue weighted by Gasteiger charge is -2.41. The summed E-state index contributed by atoms with van der Waals surface area (Å²) in [5, 5.41) is 4.11. The summed E-state index contributed by atoms with van der Waals surface area (Å²) in [6, 6.07) is 10.4. The maximum Gasteiger partial charge on any atom is 0.401 e. The lowest BCUT2D eigenvalue weighted by Crippen LogP contribution is -2.47. The van der Waals surface area contributed by atoms with Gasteiger partial charge in [0.15, 0.2) is 0 Å². The fourth-order valence-electron chi connectivity index (χ4n) is 4.68. The number of benzene rings is 1. The predicted octanol–water partition coefficient (Wildman–Crippen LogP) is 5.10. The zero-order valence-electron chi connectivity index (χ0n) is 19.4. The highest BCUT2D eigenvalue weighted by atomic mass is 19.4. The van der Waals surface area contributed by atoms with Crippen molar-refractivity contribution in [1.29, 1.82) is 0 Å². The quantitative estimate of drug-likeness (QED) is 0.332. The Bertz CT molecular complexity index is 1110. The molecule has 0 saturated carbocycles. The number of H-pyrrole nitrogens is 1. The van der Waals surface area contributed by atoms with Crippen molar-refractivity contribution < 1.29 is 22.3 Å². The molecule has 1 aromatic carbocycles. The van der Waals surface area contributed by atoms with E-state index in [1.807, 2.05) is 44.2 Å². The van der Waals surface area contributed by atoms with Crippen LogP contribution in [0.5, 0.6) is 5.88 Å². The molecular weight excluding hydrogens is 448 g/mol. The second-order valence-corrected chi connectivity index (χ2v) is 8.80. The first-order chi connectivity index (χ1) is 16.3. The monoisotopic (exact) mass is 478 g/mol. The van der Waals surface area contributed by atoms with Gasteiger partial charge in [0, 0.05) is 35.2 Å². The predicted molar refractivity (Wildman–Crippen MR) is 124 cm³/mol. The summed E-state index contributed by atoms with van der Waals surface area (Å²) in [6.07, 6.45) is -3.39. The van der Waals surface area contributed by atoms with E-state index in [2.05, 4.69) is 15.3 Å². The van der Waals surface area contributed by atoms with Crippen LogP contribution in [-0.2, 0) is 6.42 Å².